The van der Waals surface area contributed by atoms with Gasteiger partial charge in [0.1, 0.15) is 11.5 Å². The number of hydrogen-bond donors (Lipinski definition) is 2. The van der Waals surface area contributed by atoms with E-state index in [9.17, 15) is 9.90 Å². The van der Waals surface area contributed by atoms with Crippen LogP contribution in [0.25, 0.3) is 0 Å². The number of likely N-dealkylation sites (tertiary alicyclic amines) is 1. The predicted octanol–water partition coefficient (Wildman–Crippen LogP) is 1.87. The van der Waals surface area contributed by atoms with Crippen molar-refractivity contribution in [2.75, 3.05) is 6.54 Å². The maximum Gasteiger partial charge on any atom is 0.272 e. The Hall–Kier alpha value is -1.36. The lowest BCUT2D eigenvalue weighted by Crippen LogP contribution is -2.45. The highest BCUT2D eigenvalue weighted by molar-refractivity contribution is 5.92. The van der Waals surface area contributed by atoms with Crippen LogP contribution in [-0.2, 0) is 0 Å². The summed E-state index contributed by atoms with van der Waals surface area (Å²) in [6.07, 6.45) is 7.62. The van der Waals surface area contributed by atoms with Gasteiger partial charge in [-0.1, -0.05) is 12.8 Å². The number of aryl methyl sites for hydroxylation is 1. The van der Waals surface area contributed by atoms with Gasteiger partial charge in [0.25, 0.3) is 5.91 Å². The first-order chi connectivity index (χ1) is 9.66. The van der Waals surface area contributed by atoms with Crippen LogP contribution >= 0.6 is 0 Å². The number of aromatic nitrogens is 2. The Kier molecular flexibility index (Phi) is 3.78. The quantitative estimate of drug-likeness (QED) is 0.867. The molecule has 1 aromatic heterocycles. The summed E-state index contributed by atoms with van der Waals surface area (Å²) in [6, 6.07) is 0.196. The van der Waals surface area contributed by atoms with Crippen LogP contribution < -0.4 is 0 Å². The van der Waals surface area contributed by atoms with Crippen molar-refractivity contribution in [2.45, 2.75) is 57.6 Å². The van der Waals surface area contributed by atoms with Gasteiger partial charge in [-0.25, -0.2) is 4.98 Å². The van der Waals surface area contributed by atoms with E-state index in [1.807, 2.05) is 11.8 Å². The van der Waals surface area contributed by atoms with Crippen molar-refractivity contribution in [1.29, 1.82) is 0 Å². The fraction of sp³-hybridized carbons (Fsp3) is 0.733. The first-order valence-electron chi connectivity index (χ1n) is 7.67. The molecule has 3 rings (SSSR count). The number of nitrogens with one attached hydrogen (secondary N) is 1. The second-order valence-electron chi connectivity index (χ2n) is 6.11. The highest BCUT2D eigenvalue weighted by Gasteiger charge is 2.39. The van der Waals surface area contributed by atoms with E-state index < -0.39 is 0 Å². The molecule has 2 aliphatic rings. The predicted molar refractivity (Wildman–Crippen MR) is 75.3 cm³/mol. The third-order valence-corrected chi connectivity index (χ3v) is 4.77. The standard InChI is InChI=1S/C15H23N3O2/c1-10-16-9-12(17-10)15(20)18-8-4-6-13(18)11-5-2-3-7-14(11)19/h9,11,13-14,19H,2-8H2,1H3,(H,16,17). The summed E-state index contributed by atoms with van der Waals surface area (Å²) >= 11 is 0. The number of hydrogen-bond acceptors (Lipinski definition) is 3. The summed E-state index contributed by atoms with van der Waals surface area (Å²) < 4.78 is 0. The molecule has 1 amide bonds. The third kappa shape index (κ3) is 2.46. The molecule has 1 saturated carbocycles. The van der Waals surface area contributed by atoms with Gasteiger partial charge in [-0.3, -0.25) is 4.79 Å². The fourth-order valence-electron chi connectivity index (χ4n) is 3.76. The number of carbonyl (C=O) groups is 1. The van der Waals surface area contributed by atoms with Crippen molar-refractivity contribution in [1.82, 2.24) is 14.9 Å². The molecule has 5 heteroatoms. The molecule has 1 saturated heterocycles. The van der Waals surface area contributed by atoms with Crippen LogP contribution in [0.4, 0.5) is 0 Å². The minimum absolute atomic E-state index is 0.0332. The summed E-state index contributed by atoms with van der Waals surface area (Å²) in [6.45, 7) is 2.65. The van der Waals surface area contributed by atoms with Crippen LogP contribution in [0, 0.1) is 12.8 Å². The van der Waals surface area contributed by atoms with Gasteiger partial charge in [0.2, 0.25) is 0 Å². The number of imidazole rings is 1. The van der Waals surface area contributed by atoms with E-state index in [0.29, 0.717) is 5.69 Å². The molecule has 3 atom stereocenters. The highest BCUT2D eigenvalue weighted by atomic mass is 16.3. The third-order valence-electron chi connectivity index (χ3n) is 4.77. The van der Waals surface area contributed by atoms with Crippen LogP contribution in [0.1, 0.15) is 54.8 Å². The fourth-order valence-corrected chi connectivity index (χ4v) is 3.76. The molecular formula is C15H23N3O2. The van der Waals surface area contributed by atoms with Crippen molar-refractivity contribution in [3.05, 3.63) is 17.7 Å². The Balaban J connectivity index is 1.76. The molecule has 1 aliphatic heterocycles. The van der Waals surface area contributed by atoms with E-state index in [2.05, 4.69) is 9.97 Å². The van der Waals surface area contributed by atoms with Crippen LogP contribution in [-0.4, -0.2) is 44.6 Å². The first kappa shape index (κ1) is 13.6. The molecule has 1 aromatic rings. The molecule has 0 aromatic carbocycles. The summed E-state index contributed by atoms with van der Waals surface area (Å²) in [4.78, 5) is 21.7. The number of aromatic amines is 1. The van der Waals surface area contributed by atoms with Gasteiger partial charge in [-0.05, 0) is 32.6 Å². The smallest absolute Gasteiger partial charge is 0.272 e. The lowest BCUT2D eigenvalue weighted by Gasteiger charge is -2.37. The largest absolute Gasteiger partial charge is 0.393 e. The second kappa shape index (κ2) is 5.56. The first-order valence-corrected chi connectivity index (χ1v) is 7.67. The van der Waals surface area contributed by atoms with Gasteiger partial charge in [0.05, 0.1) is 12.3 Å². The summed E-state index contributed by atoms with van der Waals surface area (Å²) in [5, 5.41) is 10.2. The number of carbonyl (C=O) groups excluding carboxylic acids is 1. The van der Waals surface area contributed by atoms with Crippen molar-refractivity contribution >= 4 is 5.91 Å². The number of amides is 1. The van der Waals surface area contributed by atoms with Gasteiger partial charge in [0.15, 0.2) is 0 Å². The second-order valence-corrected chi connectivity index (χ2v) is 6.11. The molecule has 2 heterocycles. The average molecular weight is 277 g/mol. The zero-order valence-corrected chi connectivity index (χ0v) is 12.0. The van der Waals surface area contributed by atoms with Crippen LogP contribution in [0.5, 0.6) is 0 Å². The maximum absolute atomic E-state index is 12.6. The number of nitrogens with zero attached hydrogens (tertiary/aromatic N) is 2. The van der Waals surface area contributed by atoms with Gasteiger partial charge < -0.3 is 15.0 Å². The Bertz CT molecular complexity index is 485. The van der Waals surface area contributed by atoms with Crippen LogP contribution in [0.15, 0.2) is 6.20 Å². The van der Waals surface area contributed by atoms with Gasteiger partial charge in [-0.15, -0.1) is 0 Å². The summed E-state index contributed by atoms with van der Waals surface area (Å²) in [5.41, 5.74) is 0.569. The van der Waals surface area contributed by atoms with Crippen LogP contribution in [0.3, 0.4) is 0 Å². The van der Waals surface area contributed by atoms with E-state index >= 15 is 0 Å². The zero-order valence-electron chi connectivity index (χ0n) is 12.0. The lowest BCUT2D eigenvalue weighted by molar-refractivity contribution is 0.0209. The van der Waals surface area contributed by atoms with Crippen molar-refractivity contribution in [2.24, 2.45) is 5.92 Å². The number of H-pyrrole nitrogens is 1. The molecular weight excluding hydrogens is 254 g/mol. The SMILES string of the molecule is Cc1ncc(C(=O)N2CCCC2C2CCCCC2O)[nH]1. The Labute approximate surface area is 119 Å². The molecule has 5 nitrogen and oxygen atoms in total. The number of aliphatic hydroxyl groups excluding tert-OH is 1. The Morgan fingerprint density at radius 3 is 2.85 bits per heavy atom. The monoisotopic (exact) mass is 277 g/mol. The normalized spacial score (nSPS) is 30.7. The molecule has 1 aliphatic carbocycles. The topological polar surface area (TPSA) is 69.2 Å². The van der Waals surface area contributed by atoms with Gasteiger partial charge in [-0.2, -0.15) is 0 Å². The molecule has 0 spiro atoms. The van der Waals surface area contributed by atoms with E-state index in [-0.39, 0.29) is 24.0 Å². The minimum atomic E-state index is -0.245. The molecule has 20 heavy (non-hydrogen) atoms. The maximum atomic E-state index is 12.6. The van der Waals surface area contributed by atoms with Crippen LogP contribution in [0.2, 0.25) is 0 Å². The van der Waals surface area contributed by atoms with E-state index in [1.54, 1.807) is 6.20 Å². The molecule has 2 N–H and O–H groups in total. The van der Waals surface area contributed by atoms with Gasteiger partial charge in [0, 0.05) is 18.5 Å². The van der Waals surface area contributed by atoms with Crippen molar-refractivity contribution in [3.8, 4) is 0 Å². The molecule has 0 bridgehead atoms. The lowest BCUT2D eigenvalue weighted by atomic mass is 9.80. The van der Waals surface area contributed by atoms with Crippen molar-refractivity contribution < 1.29 is 9.90 Å². The highest BCUT2D eigenvalue weighted by Crippen LogP contribution is 2.35. The molecule has 0 radical (unpaired) electrons. The number of rotatable bonds is 2. The minimum Gasteiger partial charge on any atom is -0.393 e. The Morgan fingerprint density at radius 2 is 2.15 bits per heavy atom. The molecule has 110 valence electrons. The molecule has 2 fully saturated rings. The van der Waals surface area contributed by atoms with E-state index in [1.165, 1.54) is 6.42 Å². The Morgan fingerprint density at radius 1 is 1.35 bits per heavy atom. The summed E-state index contributed by atoms with van der Waals surface area (Å²) in [5.74, 6) is 1.05. The average Bonchev–Trinajstić information content (AvgIpc) is 3.07. The zero-order chi connectivity index (χ0) is 14.1. The van der Waals surface area contributed by atoms with E-state index in [4.69, 9.17) is 0 Å². The number of aliphatic hydroxyl groups is 1. The van der Waals surface area contributed by atoms with Crippen molar-refractivity contribution in [3.63, 3.8) is 0 Å². The van der Waals surface area contributed by atoms with E-state index in [0.717, 1.165) is 44.5 Å². The summed E-state index contributed by atoms with van der Waals surface area (Å²) in [7, 11) is 0. The van der Waals surface area contributed by atoms with Gasteiger partial charge >= 0.3 is 0 Å². The molecule has 3 unspecified atom stereocenters.